The summed E-state index contributed by atoms with van der Waals surface area (Å²) in [6, 6.07) is 3.41. The summed E-state index contributed by atoms with van der Waals surface area (Å²) in [5.41, 5.74) is 0. The number of aryl methyl sites for hydroxylation is 1. The Hall–Kier alpha value is -1.60. The number of aromatic nitrogens is 3. The van der Waals surface area contributed by atoms with Crippen molar-refractivity contribution in [2.45, 2.75) is 19.4 Å². The van der Waals surface area contributed by atoms with Gasteiger partial charge in [-0.05, 0) is 25.5 Å². The van der Waals surface area contributed by atoms with E-state index in [1.807, 2.05) is 26.1 Å². The quantitative estimate of drug-likeness (QED) is 0.888. The zero-order valence-corrected chi connectivity index (χ0v) is 12.8. The van der Waals surface area contributed by atoms with Crippen LogP contribution in [0.25, 0.3) is 0 Å². The van der Waals surface area contributed by atoms with Crippen LogP contribution in [-0.4, -0.2) is 27.3 Å². The summed E-state index contributed by atoms with van der Waals surface area (Å²) in [6.07, 6.45) is 2.37. The van der Waals surface area contributed by atoms with E-state index in [2.05, 4.69) is 20.8 Å². The van der Waals surface area contributed by atoms with E-state index in [0.717, 1.165) is 15.6 Å². The smallest absolute Gasteiger partial charge is 0.315 e. The van der Waals surface area contributed by atoms with Crippen molar-refractivity contribution in [3.8, 4) is 0 Å². The van der Waals surface area contributed by atoms with Gasteiger partial charge in [-0.25, -0.2) is 4.79 Å². The van der Waals surface area contributed by atoms with E-state index in [1.54, 1.807) is 10.9 Å². The molecule has 0 aromatic carbocycles. The first-order chi connectivity index (χ1) is 9.56. The number of nitrogens with one attached hydrogen (secondary N) is 2. The molecule has 0 aliphatic rings. The van der Waals surface area contributed by atoms with Crippen molar-refractivity contribution in [2.24, 2.45) is 7.05 Å². The average Bonchev–Trinajstić information content (AvgIpc) is 2.98. The van der Waals surface area contributed by atoms with Gasteiger partial charge in [-0.15, -0.1) is 21.5 Å². The van der Waals surface area contributed by atoms with Crippen LogP contribution in [-0.2, 0) is 13.5 Å². The summed E-state index contributed by atoms with van der Waals surface area (Å²) in [5, 5.41) is 13.4. The van der Waals surface area contributed by atoms with Crippen molar-refractivity contribution < 1.29 is 4.79 Å². The molecule has 0 aliphatic heterocycles. The molecular weight excluding hydrogens is 298 g/mol. The minimum absolute atomic E-state index is 0.196. The number of urea groups is 1. The fraction of sp³-hybridized carbons (Fsp3) is 0.417. The number of nitrogens with zero attached hydrogens (tertiary/aromatic N) is 3. The molecule has 8 heteroatoms. The topological polar surface area (TPSA) is 71.8 Å². The molecule has 0 bridgehead atoms. The highest BCUT2D eigenvalue weighted by Gasteiger charge is 2.13. The van der Waals surface area contributed by atoms with Gasteiger partial charge in [0.1, 0.15) is 6.33 Å². The summed E-state index contributed by atoms with van der Waals surface area (Å²) < 4.78 is 2.54. The van der Waals surface area contributed by atoms with Gasteiger partial charge in [0.05, 0.1) is 10.4 Å². The second kappa shape index (κ2) is 6.71. The van der Waals surface area contributed by atoms with E-state index in [4.69, 9.17) is 11.6 Å². The summed E-state index contributed by atoms with van der Waals surface area (Å²) >= 11 is 7.37. The molecule has 2 aromatic heterocycles. The number of thiophene rings is 1. The van der Waals surface area contributed by atoms with Crippen molar-refractivity contribution in [2.75, 3.05) is 6.54 Å². The van der Waals surface area contributed by atoms with Gasteiger partial charge in [-0.1, -0.05) is 11.6 Å². The van der Waals surface area contributed by atoms with Crippen molar-refractivity contribution in [1.29, 1.82) is 0 Å². The normalized spacial score (nSPS) is 12.2. The Bertz CT molecular complexity index is 582. The first kappa shape index (κ1) is 14.8. The Morgan fingerprint density at radius 3 is 2.95 bits per heavy atom. The van der Waals surface area contributed by atoms with E-state index >= 15 is 0 Å². The first-order valence-corrected chi connectivity index (χ1v) is 7.38. The minimum Gasteiger partial charge on any atom is -0.338 e. The van der Waals surface area contributed by atoms with Crippen LogP contribution in [0.5, 0.6) is 0 Å². The lowest BCUT2D eigenvalue weighted by molar-refractivity contribution is 0.237. The van der Waals surface area contributed by atoms with E-state index in [1.165, 1.54) is 11.3 Å². The molecule has 0 aliphatic carbocycles. The maximum Gasteiger partial charge on any atom is 0.315 e. The lowest BCUT2D eigenvalue weighted by Crippen LogP contribution is -2.38. The van der Waals surface area contributed by atoms with Crippen LogP contribution in [0.2, 0.25) is 4.34 Å². The molecule has 2 aromatic rings. The van der Waals surface area contributed by atoms with E-state index in [0.29, 0.717) is 12.4 Å². The summed E-state index contributed by atoms with van der Waals surface area (Å²) in [7, 11) is 1.84. The van der Waals surface area contributed by atoms with Crippen LogP contribution in [0.15, 0.2) is 18.5 Å². The van der Waals surface area contributed by atoms with Crippen LogP contribution < -0.4 is 10.6 Å². The molecule has 2 N–H and O–H groups in total. The molecule has 2 heterocycles. The molecule has 6 nitrogen and oxygen atoms in total. The average molecular weight is 314 g/mol. The molecule has 0 fully saturated rings. The summed E-state index contributed by atoms with van der Waals surface area (Å²) in [4.78, 5) is 12.9. The Labute approximate surface area is 126 Å². The number of hydrogen-bond acceptors (Lipinski definition) is 4. The maximum atomic E-state index is 11.8. The predicted molar refractivity (Wildman–Crippen MR) is 79.0 cm³/mol. The Balaban J connectivity index is 1.74. The fourth-order valence-corrected chi connectivity index (χ4v) is 2.87. The molecule has 0 radical (unpaired) electrons. The molecule has 1 atom stereocenters. The van der Waals surface area contributed by atoms with Gasteiger partial charge in [0.2, 0.25) is 0 Å². The monoisotopic (exact) mass is 313 g/mol. The van der Waals surface area contributed by atoms with Crippen molar-refractivity contribution in [1.82, 2.24) is 25.4 Å². The SMILES string of the molecule is CC(NC(=O)NCCc1ccc(Cl)s1)c1nncn1C. The molecule has 2 amide bonds. The maximum absolute atomic E-state index is 11.8. The summed E-state index contributed by atoms with van der Waals surface area (Å²) in [6.45, 7) is 2.43. The fourth-order valence-electron chi connectivity index (χ4n) is 1.78. The molecule has 2 rings (SSSR count). The third kappa shape index (κ3) is 3.94. The largest absolute Gasteiger partial charge is 0.338 e. The van der Waals surface area contributed by atoms with Crippen LogP contribution in [0, 0.1) is 0 Å². The molecule has 0 saturated carbocycles. The van der Waals surface area contributed by atoms with Gasteiger partial charge >= 0.3 is 6.03 Å². The van der Waals surface area contributed by atoms with Gasteiger partial charge in [-0.2, -0.15) is 0 Å². The van der Waals surface area contributed by atoms with Crippen molar-refractivity contribution in [3.63, 3.8) is 0 Å². The first-order valence-electron chi connectivity index (χ1n) is 6.18. The minimum atomic E-state index is -0.219. The van der Waals surface area contributed by atoms with Gasteiger partial charge < -0.3 is 15.2 Å². The van der Waals surface area contributed by atoms with Crippen molar-refractivity contribution >= 4 is 29.0 Å². The van der Waals surface area contributed by atoms with Gasteiger partial charge in [-0.3, -0.25) is 0 Å². The van der Waals surface area contributed by atoms with E-state index < -0.39 is 0 Å². The molecule has 0 spiro atoms. The molecular formula is C12H16ClN5OS. The molecule has 0 saturated heterocycles. The zero-order chi connectivity index (χ0) is 14.5. The standard InChI is InChI=1S/C12H16ClN5OS/c1-8(11-17-15-7-18(11)2)16-12(19)14-6-5-9-3-4-10(13)20-9/h3-4,7-8H,5-6H2,1-2H3,(H2,14,16,19). The van der Waals surface area contributed by atoms with Crippen molar-refractivity contribution in [3.05, 3.63) is 33.5 Å². The Kier molecular flexibility index (Phi) is 4.97. The number of amides is 2. The zero-order valence-electron chi connectivity index (χ0n) is 11.3. The summed E-state index contributed by atoms with van der Waals surface area (Å²) in [5.74, 6) is 0.713. The highest BCUT2D eigenvalue weighted by Crippen LogP contribution is 2.21. The lowest BCUT2D eigenvalue weighted by Gasteiger charge is -2.13. The molecule has 1 unspecified atom stereocenters. The van der Waals surface area contributed by atoms with E-state index in [-0.39, 0.29) is 12.1 Å². The third-order valence-electron chi connectivity index (χ3n) is 2.77. The van der Waals surface area contributed by atoms with Crippen LogP contribution >= 0.6 is 22.9 Å². The lowest BCUT2D eigenvalue weighted by atomic mass is 10.3. The Morgan fingerprint density at radius 2 is 2.35 bits per heavy atom. The van der Waals surface area contributed by atoms with Gasteiger partial charge in [0.25, 0.3) is 0 Å². The number of rotatable bonds is 5. The number of halogens is 1. The van der Waals surface area contributed by atoms with Crippen LogP contribution in [0.4, 0.5) is 4.79 Å². The second-order valence-electron chi connectivity index (χ2n) is 4.38. The number of hydrogen-bond donors (Lipinski definition) is 2. The molecule has 108 valence electrons. The number of carbonyl (C=O) groups is 1. The highest BCUT2D eigenvalue weighted by atomic mass is 35.5. The highest BCUT2D eigenvalue weighted by molar-refractivity contribution is 7.16. The predicted octanol–water partition coefficient (Wildman–Crippen LogP) is 2.13. The molecule has 20 heavy (non-hydrogen) atoms. The van der Waals surface area contributed by atoms with Crippen LogP contribution in [0.3, 0.4) is 0 Å². The van der Waals surface area contributed by atoms with Crippen LogP contribution in [0.1, 0.15) is 23.7 Å². The number of carbonyl (C=O) groups excluding carboxylic acids is 1. The third-order valence-corrected chi connectivity index (χ3v) is 4.06. The van der Waals surface area contributed by atoms with Gasteiger partial charge in [0, 0.05) is 18.5 Å². The van der Waals surface area contributed by atoms with Gasteiger partial charge in [0.15, 0.2) is 5.82 Å². The van der Waals surface area contributed by atoms with E-state index in [9.17, 15) is 4.79 Å². The second-order valence-corrected chi connectivity index (χ2v) is 6.18. The Morgan fingerprint density at radius 1 is 1.55 bits per heavy atom.